The van der Waals surface area contributed by atoms with Crippen LogP contribution in [-0.2, 0) is 9.53 Å². The fourth-order valence-electron chi connectivity index (χ4n) is 1.30. The van der Waals surface area contributed by atoms with Crippen LogP contribution in [0.25, 0.3) is 0 Å². The number of nitrogens with one attached hydrogen (secondary N) is 1. The molecule has 0 atom stereocenters. The predicted molar refractivity (Wildman–Crippen MR) is 71.9 cm³/mol. The number of carboxylic acid groups (broad SMARTS) is 1. The third-order valence-electron chi connectivity index (χ3n) is 2.25. The average molecular weight is 302 g/mol. The second-order valence-electron chi connectivity index (χ2n) is 4.28. The lowest BCUT2D eigenvalue weighted by molar-refractivity contribution is -0.142. The van der Waals surface area contributed by atoms with Crippen LogP contribution in [-0.4, -0.2) is 46.7 Å². The number of ether oxygens (including phenoxy) is 1. The van der Waals surface area contributed by atoms with Crippen LogP contribution in [0.1, 0.15) is 36.1 Å². The van der Waals surface area contributed by atoms with Crippen molar-refractivity contribution in [1.82, 2.24) is 15.3 Å². The maximum absolute atomic E-state index is 11.9. The fraction of sp³-hybridized carbons (Fsp3) is 0.500. The topological polar surface area (TPSA) is 101 Å². The predicted octanol–water partition coefficient (Wildman–Crippen LogP) is 1.08. The summed E-state index contributed by atoms with van der Waals surface area (Å²) in [5, 5.41) is 11.1. The van der Waals surface area contributed by atoms with Crippen LogP contribution < -0.4 is 5.32 Å². The van der Waals surface area contributed by atoms with Gasteiger partial charge in [-0.3, -0.25) is 4.79 Å². The molecule has 1 aromatic heterocycles. The van der Waals surface area contributed by atoms with Crippen molar-refractivity contribution in [2.24, 2.45) is 0 Å². The van der Waals surface area contributed by atoms with Gasteiger partial charge in [-0.05, 0) is 0 Å². The second kappa shape index (κ2) is 7.76. The van der Waals surface area contributed by atoms with E-state index in [1.165, 1.54) is 6.20 Å². The summed E-state index contributed by atoms with van der Waals surface area (Å²) in [6.07, 6.45) is 1.39. The summed E-state index contributed by atoms with van der Waals surface area (Å²) < 4.78 is 4.79. The molecule has 0 aliphatic heterocycles. The van der Waals surface area contributed by atoms with Gasteiger partial charge < -0.3 is 15.2 Å². The fourth-order valence-corrected chi connectivity index (χ4v) is 1.47. The summed E-state index contributed by atoms with van der Waals surface area (Å²) in [5.74, 6) is -0.894. The Morgan fingerprint density at radius 1 is 1.50 bits per heavy atom. The Balaban J connectivity index is 2.54. The van der Waals surface area contributed by atoms with Gasteiger partial charge in [-0.1, -0.05) is 25.4 Å². The van der Waals surface area contributed by atoms with Gasteiger partial charge in [-0.2, -0.15) is 0 Å². The molecule has 0 aliphatic carbocycles. The van der Waals surface area contributed by atoms with Gasteiger partial charge in [0.05, 0.1) is 17.8 Å². The van der Waals surface area contributed by atoms with Crippen LogP contribution in [0.3, 0.4) is 0 Å². The van der Waals surface area contributed by atoms with Gasteiger partial charge in [-0.25, -0.2) is 14.8 Å². The smallest absolute Gasteiger partial charge is 0.329 e. The molecule has 0 aromatic carbocycles. The van der Waals surface area contributed by atoms with Crippen molar-refractivity contribution >= 4 is 23.5 Å². The Hall–Kier alpha value is -1.73. The minimum atomic E-state index is -1.06. The lowest BCUT2D eigenvalue weighted by atomic mass is 10.2. The quantitative estimate of drug-likeness (QED) is 0.731. The van der Waals surface area contributed by atoms with Crippen molar-refractivity contribution in [2.45, 2.75) is 19.8 Å². The first kappa shape index (κ1) is 16.3. The van der Waals surface area contributed by atoms with Gasteiger partial charge in [0.2, 0.25) is 0 Å². The molecule has 1 amide bonds. The second-order valence-corrected chi connectivity index (χ2v) is 4.69. The Kier molecular flexibility index (Phi) is 6.33. The van der Waals surface area contributed by atoms with Crippen molar-refractivity contribution in [3.63, 3.8) is 0 Å². The van der Waals surface area contributed by atoms with Crippen molar-refractivity contribution in [3.05, 3.63) is 22.7 Å². The number of carbonyl (C=O) groups excluding carboxylic acids is 1. The number of amides is 1. The number of rotatable bonds is 7. The Bertz CT molecular complexity index is 494. The normalized spacial score (nSPS) is 10.6. The maximum atomic E-state index is 11.9. The molecular formula is C12H16ClN3O4. The van der Waals surface area contributed by atoms with Crippen LogP contribution in [0.2, 0.25) is 5.02 Å². The lowest BCUT2D eigenvalue weighted by Gasteiger charge is -2.09. The lowest BCUT2D eigenvalue weighted by Crippen LogP contribution is -2.29. The van der Waals surface area contributed by atoms with E-state index in [0.717, 1.165) is 0 Å². The standard InChI is InChI=1S/C12H16ClN3O4/c1-7(2)11-15-5-8(13)10(16-11)12(19)14-3-4-20-6-9(17)18/h5,7H,3-4,6H2,1-2H3,(H,14,19)(H,17,18). The molecule has 0 saturated heterocycles. The molecule has 8 heteroatoms. The number of hydrogen-bond donors (Lipinski definition) is 2. The summed E-state index contributed by atoms with van der Waals surface area (Å²) >= 11 is 5.88. The number of halogens is 1. The Labute approximate surface area is 121 Å². The number of aliphatic carboxylic acids is 1. The highest BCUT2D eigenvalue weighted by Crippen LogP contribution is 2.16. The molecule has 0 radical (unpaired) electrons. The van der Waals surface area contributed by atoms with E-state index in [-0.39, 0.29) is 29.8 Å². The molecule has 0 bridgehead atoms. The van der Waals surface area contributed by atoms with E-state index >= 15 is 0 Å². The molecule has 1 aromatic rings. The maximum Gasteiger partial charge on any atom is 0.329 e. The van der Waals surface area contributed by atoms with E-state index in [2.05, 4.69) is 15.3 Å². The molecule has 0 aliphatic rings. The number of hydrogen-bond acceptors (Lipinski definition) is 5. The molecule has 2 N–H and O–H groups in total. The van der Waals surface area contributed by atoms with Crippen LogP contribution >= 0.6 is 11.6 Å². The van der Waals surface area contributed by atoms with Gasteiger partial charge in [-0.15, -0.1) is 0 Å². The van der Waals surface area contributed by atoms with Gasteiger partial charge in [0.15, 0.2) is 0 Å². The zero-order valence-corrected chi connectivity index (χ0v) is 12.0. The summed E-state index contributed by atoms with van der Waals surface area (Å²) in [6.45, 7) is 3.68. The van der Waals surface area contributed by atoms with Crippen molar-refractivity contribution < 1.29 is 19.4 Å². The van der Waals surface area contributed by atoms with Crippen LogP contribution in [0, 0.1) is 0 Å². The Morgan fingerprint density at radius 2 is 2.20 bits per heavy atom. The van der Waals surface area contributed by atoms with E-state index in [0.29, 0.717) is 5.82 Å². The first-order valence-electron chi connectivity index (χ1n) is 6.02. The summed E-state index contributed by atoms with van der Waals surface area (Å²) in [5.41, 5.74) is 0.101. The highest BCUT2D eigenvalue weighted by molar-refractivity contribution is 6.33. The summed E-state index contributed by atoms with van der Waals surface area (Å²) in [4.78, 5) is 30.2. The van der Waals surface area contributed by atoms with Gasteiger partial charge in [0.1, 0.15) is 18.1 Å². The van der Waals surface area contributed by atoms with Crippen molar-refractivity contribution in [2.75, 3.05) is 19.8 Å². The van der Waals surface area contributed by atoms with Crippen LogP contribution in [0.4, 0.5) is 0 Å². The summed E-state index contributed by atoms with van der Waals surface area (Å²) in [7, 11) is 0. The molecule has 20 heavy (non-hydrogen) atoms. The molecule has 0 unspecified atom stereocenters. The molecular weight excluding hydrogens is 286 g/mol. The highest BCUT2D eigenvalue weighted by Gasteiger charge is 2.15. The first-order chi connectivity index (χ1) is 9.41. The van der Waals surface area contributed by atoms with E-state index in [4.69, 9.17) is 21.4 Å². The van der Waals surface area contributed by atoms with Crippen LogP contribution in [0.15, 0.2) is 6.20 Å². The molecule has 0 saturated carbocycles. The molecule has 110 valence electrons. The highest BCUT2D eigenvalue weighted by atomic mass is 35.5. The third kappa shape index (κ3) is 5.10. The molecule has 1 heterocycles. The molecule has 1 rings (SSSR count). The number of aromatic nitrogens is 2. The monoisotopic (exact) mass is 301 g/mol. The minimum absolute atomic E-state index is 0.0812. The zero-order chi connectivity index (χ0) is 15.1. The number of carboxylic acids is 1. The van der Waals surface area contributed by atoms with E-state index < -0.39 is 18.5 Å². The number of nitrogens with zero attached hydrogens (tertiary/aromatic N) is 2. The van der Waals surface area contributed by atoms with Gasteiger partial charge in [0.25, 0.3) is 5.91 Å². The van der Waals surface area contributed by atoms with Crippen molar-refractivity contribution in [1.29, 1.82) is 0 Å². The van der Waals surface area contributed by atoms with Gasteiger partial charge in [0, 0.05) is 12.5 Å². The minimum Gasteiger partial charge on any atom is -0.480 e. The van der Waals surface area contributed by atoms with Gasteiger partial charge >= 0.3 is 5.97 Å². The van der Waals surface area contributed by atoms with E-state index in [1.54, 1.807) is 0 Å². The number of carbonyl (C=O) groups is 2. The average Bonchev–Trinajstić information content (AvgIpc) is 2.37. The van der Waals surface area contributed by atoms with Crippen LogP contribution in [0.5, 0.6) is 0 Å². The molecule has 7 nitrogen and oxygen atoms in total. The van der Waals surface area contributed by atoms with E-state index in [1.807, 2.05) is 13.8 Å². The molecule has 0 spiro atoms. The third-order valence-corrected chi connectivity index (χ3v) is 2.53. The van der Waals surface area contributed by atoms with E-state index in [9.17, 15) is 9.59 Å². The van der Waals surface area contributed by atoms with Crippen molar-refractivity contribution in [3.8, 4) is 0 Å². The SMILES string of the molecule is CC(C)c1ncc(Cl)c(C(=O)NCCOCC(=O)O)n1. The first-order valence-corrected chi connectivity index (χ1v) is 6.39. The summed E-state index contributed by atoms with van der Waals surface area (Å²) in [6, 6.07) is 0. The Morgan fingerprint density at radius 3 is 2.80 bits per heavy atom. The largest absolute Gasteiger partial charge is 0.480 e. The zero-order valence-electron chi connectivity index (χ0n) is 11.2. The molecule has 0 fully saturated rings.